The number of hydrogen-bond acceptors (Lipinski definition) is 6. The predicted octanol–water partition coefficient (Wildman–Crippen LogP) is 1.88. The van der Waals surface area contributed by atoms with Crippen molar-refractivity contribution in [2.75, 3.05) is 11.3 Å². The zero-order valence-corrected chi connectivity index (χ0v) is 26.1. The Morgan fingerprint density at radius 1 is 1.13 bits per heavy atom. The number of ether oxygens (including phenoxy) is 1. The molecular weight excluding hydrogens is 579 g/mol. The number of halogens is 2. The minimum atomic E-state index is -3.69. The van der Waals surface area contributed by atoms with E-state index in [2.05, 4.69) is 20.2 Å². The fourth-order valence-electron chi connectivity index (χ4n) is 3.59. The number of rotatable bonds is 11. The molecule has 5 N–H and O–H groups in total. The lowest BCUT2D eigenvalue weighted by atomic mass is 9.88. The Morgan fingerprint density at radius 3 is 2.44 bits per heavy atom. The van der Waals surface area contributed by atoms with Crippen LogP contribution in [0.2, 0.25) is 5.02 Å². The molecule has 0 bridgehead atoms. The number of nitrogens with one attached hydrogen (secondary N) is 2. The van der Waals surface area contributed by atoms with E-state index in [4.69, 9.17) is 16.3 Å². The van der Waals surface area contributed by atoms with E-state index in [1.165, 1.54) is 0 Å². The van der Waals surface area contributed by atoms with E-state index in [-0.39, 0.29) is 36.9 Å². The standard InChI is InChI=1S/C27H35ClN4O4S2.ClH/c1-16(2)25(29)26(33)36-15-27(5,6)24-12-18(9-10-30-24)19-11-23(37-14-19)21-8-7-20(13-22(21)28)32-38(34,35)31-17(3)4;/h7-14,16-17,25,31-32H,15,29H2,1-6H3;1H/t25-;/m1./s1. The van der Waals surface area contributed by atoms with Gasteiger partial charge in [0.15, 0.2) is 6.04 Å². The number of aromatic nitrogens is 1. The Balaban J connectivity index is 0.00000533. The molecule has 3 rings (SSSR count). The lowest BCUT2D eigenvalue weighted by Crippen LogP contribution is -3.00. The SMILES string of the molecule is CC(C)NS(=O)(=O)Nc1ccc(-c2cc(-c3ccnc(C(C)(C)COC(=O)[C@H]([NH3+])C(C)C)c3)cs2)c(Cl)c1.[Cl-]. The van der Waals surface area contributed by atoms with Crippen LogP contribution in [0.15, 0.2) is 48.0 Å². The minimum absolute atomic E-state index is 0. The molecule has 0 spiro atoms. The summed E-state index contributed by atoms with van der Waals surface area (Å²) in [6, 6.07) is 10.4. The van der Waals surface area contributed by atoms with Crippen LogP contribution in [-0.2, 0) is 25.2 Å². The molecule has 8 nitrogen and oxygen atoms in total. The summed E-state index contributed by atoms with van der Waals surface area (Å²) in [5.41, 5.74) is 7.38. The summed E-state index contributed by atoms with van der Waals surface area (Å²) in [5, 5.41) is 2.48. The van der Waals surface area contributed by atoms with E-state index in [0.717, 1.165) is 27.3 Å². The molecule has 1 atom stereocenters. The molecule has 0 amide bonds. The summed E-state index contributed by atoms with van der Waals surface area (Å²) in [6.07, 6.45) is 1.75. The van der Waals surface area contributed by atoms with Crippen LogP contribution in [0.3, 0.4) is 0 Å². The first-order valence-corrected chi connectivity index (χ1v) is 15.1. The Bertz CT molecular complexity index is 1390. The molecule has 214 valence electrons. The zero-order chi connectivity index (χ0) is 28.3. The number of pyridine rings is 1. The van der Waals surface area contributed by atoms with Crippen molar-refractivity contribution in [2.45, 2.75) is 59.0 Å². The zero-order valence-electron chi connectivity index (χ0n) is 22.9. The monoisotopic (exact) mass is 614 g/mol. The number of quaternary nitrogens is 1. The summed E-state index contributed by atoms with van der Waals surface area (Å²) in [4.78, 5) is 17.8. The van der Waals surface area contributed by atoms with Crippen molar-refractivity contribution < 1.29 is 36.1 Å². The van der Waals surface area contributed by atoms with Gasteiger partial charge in [-0.1, -0.05) is 39.3 Å². The number of esters is 1. The van der Waals surface area contributed by atoms with E-state index in [0.29, 0.717) is 10.7 Å². The first-order chi connectivity index (χ1) is 17.7. The maximum atomic E-state index is 12.3. The van der Waals surface area contributed by atoms with Crippen molar-refractivity contribution >= 4 is 44.8 Å². The molecule has 1 aromatic carbocycles. The molecule has 12 heteroatoms. The maximum Gasteiger partial charge on any atom is 0.365 e. The lowest BCUT2D eigenvalue weighted by Gasteiger charge is -2.25. The second-order valence-corrected chi connectivity index (χ2v) is 13.3. The van der Waals surface area contributed by atoms with Crippen LogP contribution in [-0.4, -0.2) is 38.1 Å². The van der Waals surface area contributed by atoms with E-state index >= 15 is 0 Å². The molecule has 0 saturated heterocycles. The third-order valence-electron chi connectivity index (χ3n) is 5.95. The lowest BCUT2D eigenvalue weighted by molar-refractivity contribution is -0.418. The maximum absolute atomic E-state index is 12.3. The Hall–Kier alpha value is -2.21. The van der Waals surface area contributed by atoms with Crippen molar-refractivity contribution in [3.05, 3.63) is 58.7 Å². The number of nitrogens with zero attached hydrogens (tertiary/aromatic N) is 1. The molecule has 0 unspecified atom stereocenters. The van der Waals surface area contributed by atoms with Crippen LogP contribution >= 0.6 is 22.9 Å². The molecule has 0 aliphatic rings. The summed E-state index contributed by atoms with van der Waals surface area (Å²) >= 11 is 8.08. The van der Waals surface area contributed by atoms with Gasteiger partial charge < -0.3 is 22.9 Å². The van der Waals surface area contributed by atoms with Crippen molar-refractivity contribution in [2.24, 2.45) is 5.92 Å². The third-order valence-corrected chi connectivity index (χ3v) is 8.51. The minimum Gasteiger partial charge on any atom is -1.00 e. The van der Waals surface area contributed by atoms with Gasteiger partial charge in [-0.3, -0.25) is 9.71 Å². The van der Waals surface area contributed by atoms with Crippen LogP contribution in [0.1, 0.15) is 47.2 Å². The van der Waals surface area contributed by atoms with Gasteiger partial charge in [0, 0.05) is 39.7 Å². The normalized spacial score (nSPS) is 12.8. The Labute approximate surface area is 246 Å². The number of carbonyl (C=O) groups is 1. The van der Waals surface area contributed by atoms with E-state index in [9.17, 15) is 13.2 Å². The molecule has 0 radical (unpaired) electrons. The number of carbonyl (C=O) groups excluding carboxylic acids is 1. The molecule has 0 aliphatic carbocycles. The van der Waals surface area contributed by atoms with Gasteiger partial charge in [0.05, 0.1) is 10.7 Å². The highest BCUT2D eigenvalue weighted by atomic mass is 35.5. The topological polar surface area (TPSA) is 125 Å². The average Bonchev–Trinajstić information content (AvgIpc) is 3.31. The number of hydrogen-bond donors (Lipinski definition) is 3. The van der Waals surface area contributed by atoms with Crippen LogP contribution in [0, 0.1) is 5.92 Å². The van der Waals surface area contributed by atoms with Crippen LogP contribution in [0.25, 0.3) is 21.6 Å². The number of anilines is 1. The van der Waals surface area contributed by atoms with Crippen molar-refractivity contribution in [3.8, 4) is 21.6 Å². The van der Waals surface area contributed by atoms with Crippen molar-refractivity contribution in [3.63, 3.8) is 0 Å². The molecule has 2 aromatic heterocycles. The fourth-order valence-corrected chi connectivity index (χ4v) is 6.00. The molecule has 3 aromatic rings. The molecule has 2 heterocycles. The second-order valence-electron chi connectivity index (χ2n) is 10.5. The van der Waals surface area contributed by atoms with Gasteiger partial charge in [-0.15, -0.1) is 11.3 Å². The predicted molar refractivity (Wildman–Crippen MR) is 154 cm³/mol. The molecule has 0 saturated carbocycles. The van der Waals surface area contributed by atoms with Crippen molar-refractivity contribution in [1.29, 1.82) is 0 Å². The summed E-state index contributed by atoms with van der Waals surface area (Å²) in [6.45, 7) is 11.6. The van der Waals surface area contributed by atoms with Gasteiger partial charge >= 0.3 is 5.97 Å². The Kier molecular flexibility index (Phi) is 11.4. The van der Waals surface area contributed by atoms with Gasteiger partial charge in [0.2, 0.25) is 0 Å². The smallest absolute Gasteiger partial charge is 0.365 e. The van der Waals surface area contributed by atoms with Gasteiger partial charge in [0.25, 0.3) is 10.2 Å². The third kappa shape index (κ3) is 8.89. The first kappa shape index (κ1) is 33.0. The van der Waals surface area contributed by atoms with Gasteiger partial charge in [-0.2, -0.15) is 13.1 Å². The fraction of sp³-hybridized carbons (Fsp3) is 0.407. The highest BCUT2D eigenvalue weighted by Crippen LogP contribution is 2.38. The van der Waals surface area contributed by atoms with Crippen LogP contribution in [0.5, 0.6) is 0 Å². The van der Waals surface area contributed by atoms with E-state index in [1.54, 1.807) is 49.6 Å². The van der Waals surface area contributed by atoms with E-state index < -0.39 is 21.7 Å². The largest absolute Gasteiger partial charge is 1.00 e. The molecular formula is C27H36Cl2N4O4S2. The molecule has 0 fully saturated rings. The quantitative estimate of drug-likeness (QED) is 0.284. The van der Waals surface area contributed by atoms with Crippen molar-refractivity contribution in [1.82, 2.24) is 9.71 Å². The highest BCUT2D eigenvalue weighted by Gasteiger charge is 2.29. The molecule has 39 heavy (non-hydrogen) atoms. The summed E-state index contributed by atoms with van der Waals surface area (Å²) in [7, 11) is -3.69. The van der Waals surface area contributed by atoms with Gasteiger partial charge in [0.1, 0.15) is 6.61 Å². The van der Waals surface area contributed by atoms with E-state index in [1.807, 2.05) is 51.3 Å². The van der Waals surface area contributed by atoms with Gasteiger partial charge in [-0.05, 0) is 66.8 Å². The molecule has 0 aliphatic heterocycles. The second kappa shape index (κ2) is 13.4. The number of thiophene rings is 1. The summed E-state index contributed by atoms with van der Waals surface area (Å²) in [5.74, 6) is -0.200. The summed E-state index contributed by atoms with van der Waals surface area (Å²) < 4.78 is 34.9. The first-order valence-electron chi connectivity index (χ1n) is 12.3. The Morgan fingerprint density at radius 2 is 1.82 bits per heavy atom. The number of benzene rings is 1. The van der Waals surface area contributed by atoms with Crippen LogP contribution < -0.4 is 27.6 Å². The van der Waals surface area contributed by atoms with Crippen LogP contribution in [0.4, 0.5) is 5.69 Å². The highest BCUT2D eigenvalue weighted by molar-refractivity contribution is 7.90. The average molecular weight is 616 g/mol. The van der Waals surface area contributed by atoms with Gasteiger partial charge in [-0.25, -0.2) is 4.79 Å².